The standard InChI is InChI=1S/C19H33N5O10/c1-8(18(31)24-10(17(20)30)4-5-13(28)33-3)22-12(27)6-21-14-15(23-9(2)26)19(32)34-11(7-25)16(14)29/h8,10-11,14-16,19,21,25,29,32H,4-7H2,1-3H3,(H2,20,30)(H,22,27)(H,23,26)(H,24,31)/t8-,10-,11+,14-,15+,16+,19?/m0/s1. The SMILES string of the molecule is COC(=O)CC[C@H](NC(=O)[C@H](C)NC(=O)CN[C@@H]1[C@H](O)[C@@H](CO)OC(O)[C@@H]1NC(C)=O)C(N)=O. The van der Waals surface area contributed by atoms with E-state index in [0.29, 0.717) is 0 Å². The number of primary amides is 1. The first-order valence-corrected chi connectivity index (χ1v) is 10.5. The molecule has 0 spiro atoms. The van der Waals surface area contributed by atoms with Crippen LogP contribution in [0.3, 0.4) is 0 Å². The molecule has 1 aliphatic heterocycles. The Morgan fingerprint density at radius 1 is 1.12 bits per heavy atom. The normalized spacial score (nSPS) is 26.0. The summed E-state index contributed by atoms with van der Waals surface area (Å²) in [5, 5.41) is 39.6. The molecule has 0 bridgehead atoms. The molecule has 1 heterocycles. The lowest BCUT2D eigenvalue weighted by Crippen LogP contribution is -2.69. The lowest BCUT2D eigenvalue weighted by molar-refractivity contribution is -0.230. The topological polar surface area (TPSA) is 239 Å². The summed E-state index contributed by atoms with van der Waals surface area (Å²) >= 11 is 0. The van der Waals surface area contributed by atoms with Gasteiger partial charge in [-0.05, 0) is 13.3 Å². The van der Waals surface area contributed by atoms with E-state index in [1.54, 1.807) is 0 Å². The Morgan fingerprint density at radius 2 is 1.76 bits per heavy atom. The maximum absolute atomic E-state index is 12.3. The van der Waals surface area contributed by atoms with Gasteiger partial charge in [0.15, 0.2) is 6.29 Å². The van der Waals surface area contributed by atoms with Crippen molar-refractivity contribution in [2.24, 2.45) is 5.73 Å². The van der Waals surface area contributed by atoms with E-state index >= 15 is 0 Å². The van der Waals surface area contributed by atoms with E-state index in [-0.39, 0.29) is 12.8 Å². The van der Waals surface area contributed by atoms with Crippen LogP contribution in [0, 0.1) is 0 Å². The van der Waals surface area contributed by atoms with Crippen LogP contribution in [-0.2, 0) is 33.4 Å². The first-order valence-electron chi connectivity index (χ1n) is 10.5. The second kappa shape index (κ2) is 13.8. The Labute approximate surface area is 195 Å². The van der Waals surface area contributed by atoms with Crippen molar-refractivity contribution in [3.63, 3.8) is 0 Å². The number of aliphatic hydroxyl groups is 3. The molecule has 4 amide bonds. The summed E-state index contributed by atoms with van der Waals surface area (Å²) in [6, 6.07) is -4.46. The molecule has 1 fully saturated rings. The smallest absolute Gasteiger partial charge is 0.305 e. The fraction of sp³-hybridized carbons (Fsp3) is 0.737. The number of ether oxygens (including phenoxy) is 2. The van der Waals surface area contributed by atoms with Crippen LogP contribution in [0.5, 0.6) is 0 Å². The number of nitrogens with two attached hydrogens (primary N) is 1. The summed E-state index contributed by atoms with van der Waals surface area (Å²) in [7, 11) is 1.17. The van der Waals surface area contributed by atoms with Gasteiger partial charge < -0.3 is 51.8 Å². The molecule has 1 rings (SSSR count). The van der Waals surface area contributed by atoms with Crippen molar-refractivity contribution in [2.45, 2.75) is 69.4 Å². The van der Waals surface area contributed by atoms with E-state index in [4.69, 9.17) is 10.5 Å². The second-order valence-corrected chi connectivity index (χ2v) is 7.74. The van der Waals surface area contributed by atoms with E-state index in [0.717, 1.165) is 0 Å². The molecule has 0 saturated carbocycles. The van der Waals surface area contributed by atoms with Gasteiger partial charge in [0.1, 0.15) is 18.2 Å². The van der Waals surface area contributed by atoms with Gasteiger partial charge in [-0.2, -0.15) is 0 Å². The average Bonchev–Trinajstić information content (AvgIpc) is 2.77. The molecule has 0 aliphatic carbocycles. The number of nitrogens with one attached hydrogen (secondary N) is 4. The van der Waals surface area contributed by atoms with Gasteiger partial charge in [0.05, 0.1) is 38.4 Å². The summed E-state index contributed by atoms with van der Waals surface area (Å²) in [5.41, 5.74) is 5.23. The van der Waals surface area contributed by atoms with Crippen molar-refractivity contribution in [3.05, 3.63) is 0 Å². The number of methoxy groups -OCH3 is 1. The highest BCUT2D eigenvalue weighted by atomic mass is 16.6. The van der Waals surface area contributed by atoms with Crippen molar-refractivity contribution < 1.29 is 48.8 Å². The molecule has 15 heteroatoms. The van der Waals surface area contributed by atoms with Gasteiger partial charge in [0.2, 0.25) is 23.6 Å². The lowest BCUT2D eigenvalue weighted by atomic mass is 9.94. The summed E-state index contributed by atoms with van der Waals surface area (Å²) in [6.07, 6.45) is -4.36. The maximum atomic E-state index is 12.3. The van der Waals surface area contributed by atoms with Crippen LogP contribution in [0.2, 0.25) is 0 Å². The van der Waals surface area contributed by atoms with Crippen LogP contribution in [0.1, 0.15) is 26.7 Å². The number of carbonyl (C=O) groups excluding carboxylic acids is 5. The first kappa shape index (κ1) is 29.2. The van der Waals surface area contributed by atoms with Crippen molar-refractivity contribution in [1.29, 1.82) is 0 Å². The summed E-state index contributed by atoms with van der Waals surface area (Å²) in [5.74, 6) is -3.41. The number of rotatable bonds is 12. The highest BCUT2D eigenvalue weighted by Gasteiger charge is 2.44. The van der Waals surface area contributed by atoms with E-state index in [2.05, 4.69) is 26.0 Å². The fourth-order valence-electron chi connectivity index (χ4n) is 3.27. The van der Waals surface area contributed by atoms with Crippen molar-refractivity contribution in [1.82, 2.24) is 21.3 Å². The molecule has 34 heavy (non-hydrogen) atoms. The monoisotopic (exact) mass is 491 g/mol. The molecule has 1 aliphatic rings. The molecular formula is C19H33N5O10. The number of amides is 4. The van der Waals surface area contributed by atoms with Crippen LogP contribution in [0.25, 0.3) is 0 Å². The highest BCUT2D eigenvalue weighted by Crippen LogP contribution is 2.20. The summed E-state index contributed by atoms with van der Waals surface area (Å²) < 4.78 is 9.55. The Kier molecular flexibility index (Phi) is 11.8. The zero-order valence-electron chi connectivity index (χ0n) is 19.1. The number of aliphatic hydroxyl groups excluding tert-OH is 3. The van der Waals surface area contributed by atoms with Crippen LogP contribution >= 0.6 is 0 Å². The Morgan fingerprint density at radius 3 is 2.29 bits per heavy atom. The Bertz CT molecular complexity index is 751. The summed E-state index contributed by atoms with van der Waals surface area (Å²) in [4.78, 5) is 58.9. The first-order chi connectivity index (χ1) is 15.9. The lowest BCUT2D eigenvalue weighted by Gasteiger charge is -2.43. The third-order valence-corrected chi connectivity index (χ3v) is 5.10. The highest BCUT2D eigenvalue weighted by molar-refractivity contribution is 5.91. The minimum absolute atomic E-state index is 0.0868. The van der Waals surface area contributed by atoms with Crippen LogP contribution in [-0.4, -0.2) is 108 Å². The van der Waals surface area contributed by atoms with E-state index in [1.807, 2.05) is 0 Å². The van der Waals surface area contributed by atoms with Gasteiger partial charge in [-0.15, -0.1) is 0 Å². The van der Waals surface area contributed by atoms with E-state index in [1.165, 1.54) is 21.0 Å². The third-order valence-electron chi connectivity index (χ3n) is 5.10. The molecule has 0 aromatic heterocycles. The van der Waals surface area contributed by atoms with Crippen molar-refractivity contribution in [3.8, 4) is 0 Å². The minimum Gasteiger partial charge on any atom is -0.469 e. The number of carbonyl (C=O) groups is 5. The largest absolute Gasteiger partial charge is 0.469 e. The fourth-order valence-corrected chi connectivity index (χ4v) is 3.27. The molecule has 0 aromatic carbocycles. The van der Waals surface area contributed by atoms with Crippen LogP contribution in [0.15, 0.2) is 0 Å². The quantitative estimate of drug-likeness (QED) is 0.120. The second-order valence-electron chi connectivity index (χ2n) is 7.74. The zero-order valence-corrected chi connectivity index (χ0v) is 19.1. The predicted molar refractivity (Wildman–Crippen MR) is 113 cm³/mol. The van der Waals surface area contributed by atoms with Crippen LogP contribution in [0.4, 0.5) is 0 Å². The molecular weight excluding hydrogens is 458 g/mol. The minimum atomic E-state index is -1.56. The molecule has 1 unspecified atom stereocenters. The number of hydrogen-bond acceptors (Lipinski definition) is 11. The average molecular weight is 491 g/mol. The molecule has 194 valence electrons. The Balaban J connectivity index is 2.68. The molecule has 1 saturated heterocycles. The zero-order chi connectivity index (χ0) is 26.0. The Hall–Kier alpha value is -2.85. The molecule has 0 radical (unpaired) electrons. The van der Waals surface area contributed by atoms with Gasteiger partial charge in [0.25, 0.3) is 0 Å². The molecule has 7 atom stereocenters. The van der Waals surface area contributed by atoms with Gasteiger partial charge >= 0.3 is 5.97 Å². The van der Waals surface area contributed by atoms with Gasteiger partial charge in [-0.3, -0.25) is 24.0 Å². The van der Waals surface area contributed by atoms with Gasteiger partial charge in [-0.1, -0.05) is 0 Å². The van der Waals surface area contributed by atoms with E-state index in [9.17, 15) is 39.3 Å². The maximum Gasteiger partial charge on any atom is 0.305 e. The van der Waals surface area contributed by atoms with Gasteiger partial charge in [0, 0.05) is 13.3 Å². The van der Waals surface area contributed by atoms with Crippen molar-refractivity contribution in [2.75, 3.05) is 20.3 Å². The number of hydrogen-bond donors (Lipinski definition) is 8. The summed E-state index contributed by atoms with van der Waals surface area (Å²) in [6.45, 7) is 1.47. The van der Waals surface area contributed by atoms with Crippen molar-refractivity contribution >= 4 is 29.6 Å². The van der Waals surface area contributed by atoms with Crippen LogP contribution < -0.4 is 27.0 Å². The third kappa shape index (κ3) is 8.83. The molecule has 15 nitrogen and oxygen atoms in total. The van der Waals surface area contributed by atoms with E-state index < -0.39 is 85.4 Å². The van der Waals surface area contributed by atoms with Gasteiger partial charge in [-0.25, -0.2) is 0 Å². The molecule has 0 aromatic rings. The predicted octanol–water partition coefficient (Wildman–Crippen LogP) is -5.05. The number of esters is 1. The molecule has 9 N–H and O–H groups in total.